The molecule has 0 heterocycles. The second-order valence-corrected chi connectivity index (χ2v) is 5.51. The van der Waals surface area contributed by atoms with Crippen LogP contribution in [0.25, 0.3) is 0 Å². The number of rotatable bonds is 10. The molecule has 0 saturated heterocycles. The number of nitrogens with one attached hydrogen (secondary N) is 1. The van der Waals surface area contributed by atoms with Crippen molar-refractivity contribution in [3.8, 4) is 0 Å². The quantitative estimate of drug-likeness (QED) is 0.638. The summed E-state index contributed by atoms with van der Waals surface area (Å²) in [6, 6.07) is 1.18. The molecule has 1 N–H and O–H groups in total. The molecule has 17 heavy (non-hydrogen) atoms. The second-order valence-electron chi connectivity index (χ2n) is 5.51. The topological polar surface area (TPSA) is 24.5 Å². The maximum Gasteiger partial charge on any atom is 0.0589 e. The van der Waals surface area contributed by atoms with E-state index in [2.05, 4.69) is 44.8 Å². The maximum atomic E-state index is 5.21. The molecule has 0 bridgehead atoms. The molecule has 0 spiro atoms. The molecule has 0 radical (unpaired) electrons. The normalized spacial score (nSPS) is 13.9. The first-order valence-corrected chi connectivity index (χ1v) is 6.97. The van der Waals surface area contributed by atoms with Gasteiger partial charge in [-0.2, -0.15) is 0 Å². The summed E-state index contributed by atoms with van der Waals surface area (Å²) in [6.45, 7) is 15.3. The van der Waals surface area contributed by atoms with Crippen LogP contribution in [0, 0.1) is 5.92 Å². The lowest BCUT2D eigenvalue weighted by Gasteiger charge is -2.33. The molecule has 0 aliphatic rings. The number of nitrogens with zero attached hydrogens (tertiary/aromatic N) is 1. The second kappa shape index (κ2) is 9.86. The average molecular weight is 244 g/mol. The molecule has 3 heteroatoms. The van der Waals surface area contributed by atoms with Crippen LogP contribution in [-0.4, -0.2) is 50.3 Å². The fourth-order valence-corrected chi connectivity index (χ4v) is 2.00. The molecule has 3 nitrogen and oxygen atoms in total. The van der Waals surface area contributed by atoms with Crippen LogP contribution in [0.3, 0.4) is 0 Å². The van der Waals surface area contributed by atoms with Crippen molar-refractivity contribution >= 4 is 0 Å². The third-order valence-corrected chi connectivity index (χ3v) is 2.93. The lowest BCUT2D eigenvalue weighted by molar-refractivity contribution is 0.106. The molecule has 0 amide bonds. The van der Waals surface area contributed by atoms with E-state index in [0.717, 1.165) is 26.2 Å². The maximum absolute atomic E-state index is 5.21. The Kier molecular flexibility index (Phi) is 9.79. The van der Waals surface area contributed by atoms with E-state index in [-0.39, 0.29) is 0 Å². The number of methoxy groups -OCH3 is 1. The van der Waals surface area contributed by atoms with E-state index >= 15 is 0 Å². The molecular weight excluding hydrogens is 212 g/mol. The highest BCUT2D eigenvalue weighted by molar-refractivity contribution is 4.74. The summed E-state index contributed by atoms with van der Waals surface area (Å²) in [7, 11) is 1.78. The van der Waals surface area contributed by atoms with E-state index in [9.17, 15) is 0 Å². The Labute approximate surface area is 108 Å². The Bertz CT molecular complexity index is 172. The highest BCUT2D eigenvalue weighted by Crippen LogP contribution is 2.07. The van der Waals surface area contributed by atoms with Gasteiger partial charge in [0.15, 0.2) is 0 Å². The van der Waals surface area contributed by atoms with Gasteiger partial charge in [0.2, 0.25) is 0 Å². The molecule has 0 aromatic rings. The van der Waals surface area contributed by atoms with E-state index in [1.807, 2.05) is 0 Å². The number of ether oxygens (including phenoxy) is 1. The van der Waals surface area contributed by atoms with E-state index < -0.39 is 0 Å². The molecule has 0 rings (SSSR count). The lowest BCUT2D eigenvalue weighted by Crippen LogP contribution is -2.46. The van der Waals surface area contributed by atoms with Crippen molar-refractivity contribution in [2.24, 2.45) is 5.92 Å². The Morgan fingerprint density at radius 2 is 1.82 bits per heavy atom. The van der Waals surface area contributed by atoms with Crippen molar-refractivity contribution in [3.05, 3.63) is 0 Å². The third-order valence-electron chi connectivity index (χ3n) is 2.93. The van der Waals surface area contributed by atoms with Crippen molar-refractivity contribution < 1.29 is 4.74 Å². The van der Waals surface area contributed by atoms with E-state index in [1.54, 1.807) is 7.11 Å². The van der Waals surface area contributed by atoms with Crippen molar-refractivity contribution in [2.75, 3.05) is 33.4 Å². The Morgan fingerprint density at radius 1 is 1.18 bits per heavy atom. The zero-order chi connectivity index (χ0) is 13.3. The van der Waals surface area contributed by atoms with Gasteiger partial charge in [0.05, 0.1) is 6.61 Å². The summed E-state index contributed by atoms with van der Waals surface area (Å²) in [5.74, 6) is 0.708. The predicted molar refractivity (Wildman–Crippen MR) is 75.5 cm³/mol. The first-order chi connectivity index (χ1) is 8.01. The fraction of sp³-hybridized carbons (Fsp3) is 1.00. The van der Waals surface area contributed by atoms with Gasteiger partial charge in [-0.3, -0.25) is 4.90 Å². The number of hydrogen-bond donors (Lipinski definition) is 1. The van der Waals surface area contributed by atoms with E-state index in [0.29, 0.717) is 18.0 Å². The first kappa shape index (κ1) is 16.9. The van der Waals surface area contributed by atoms with Gasteiger partial charge in [-0.15, -0.1) is 0 Å². The van der Waals surface area contributed by atoms with Crippen LogP contribution in [-0.2, 0) is 4.74 Å². The zero-order valence-corrected chi connectivity index (χ0v) is 12.6. The Balaban J connectivity index is 4.26. The summed E-state index contributed by atoms with van der Waals surface area (Å²) in [4.78, 5) is 2.56. The minimum atomic E-state index is 0.562. The van der Waals surface area contributed by atoms with Gasteiger partial charge in [-0.25, -0.2) is 0 Å². The molecule has 0 aliphatic heterocycles. The van der Waals surface area contributed by atoms with Crippen LogP contribution < -0.4 is 5.32 Å². The van der Waals surface area contributed by atoms with Gasteiger partial charge in [0.25, 0.3) is 0 Å². The summed E-state index contributed by atoms with van der Waals surface area (Å²) < 4.78 is 5.21. The van der Waals surface area contributed by atoms with Gasteiger partial charge in [-0.05, 0) is 12.3 Å². The van der Waals surface area contributed by atoms with Crippen molar-refractivity contribution in [1.82, 2.24) is 10.2 Å². The minimum absolute atomic E-state index is 0.562. The summed E-state index contributed by atoms with van der Waals surface area (Å²) in [5.41, 5.74) is 0. The third kappa shape index (κ3) is 8.58. The summed E-state index contributed by atoms with van der Waals surface area (Å²) in [6.07, 6.45) is 1.19. The van der Waals surface area contributed by atoms with Gasteiger partial charge >= 0.3 is 0 Å². The highest BCUT2D eigenvalue weighted by atomic mass is 16.5. The largest absolute Gasteiger partial charge is 0.383 e. The summed E-state index contributed by atoms with van der Waals surface area (Å²) >= 11 is 0. The highest BCUT2D eigenvalue weighted by Gasteiger charge is 2.17. The van der Waals surface area contributed by atoms with Crippen molar-refractivity contribution in [1.29, 1.82) is 0 Å². The average Bonchev–Trinajstić information content (AvgIpc) is 2.25. The molecular formula is C14H32N2O. The van der Waals surface area contributed by atoms with Crippen molar-refractivity contribution in [3.63, 3.8) is 0 Å². The SMILES string of the molecule is CCC(CNC(C)C)N(CCOC)CC(C)C. The van der Waals surface area contributed by atoms with Gasteiger partial charge in [-0.1, -0.05) is 34.6 Å². The molecule has 0 aromatic carbocycles. The molecule has 0 aromatic heterocycles. The minimum Gasteiger partial charge on any atom is -0.383 e. The lowest BCUT2D eigenvalue weighted by atomic mass is 10.1. The van der Waals surface area contributed by atoms with E-state index in [1.165, 1.54) is 6.42 Å². The molecule has 1 atom stereocenters. The molecule has 0 fully saturated rings. The Morgan fingerprint density at radius 3 is 2.24 bits per heavy atom. The van der Waals surface area contributed by atoms with Crippen LogP contribution in [0.1, 0.15) is 41.0 Å². The molecule has 0 saturated carbocycles. The number of hydrogen-bond acceptors (Lipinski definition) is 3. The van der Waals surface area contributed by atoms with Crippen LogP contribution in [0.15, 0.2) is 0 Å². The van der Waals surface area contributed by atoms with Crippen LogP contribution in [0.2, 0.25) is 0 Å². The zero-order valence-electron chi connectivity index (χ0n) is 12.6. The van der Waals surface area contributed by atoms with Crippen LogP contribution >= 0.6 is 0 Å². The monoisotopic (exact) mass is 244 g/mol. The summed E-state index contributed by atoms with van der Waals surface area (Å²) in [5, 5.41) is 3.54. The molecule has 1 unspecified atom stereocenters. The fourth-order valence-electron chi connectivity index (χ4n) is 2.00. The van der Waals surface area contributed by atoms with Gasteiger partial charge in [0, 0.05) is 38.8 Å². The smallest absolute Gasteiger partial charge is 0.0589 e. The Hall–Kier alpha value is -0.120. The van der Waals surface area contributed by atoms with Gasteiger partial charge < -0.3 is 10.1 Å². The van der Waals surface area contributed by atoms with Crippen LogP contribution in [0.4, 0.5) is 0 Å². The van der Waals surface area contributed by atoms with Crippen LogP contribution in [0.5, 0.6) is 0 Å². The molecule has 104 valence electrons. The molecule has 0 aliphatic carbocycles. The first-order valence-electron chi connectivity index (χ1n) is 6.97. The van der Waals surface area contributed by atoms with Crippen molar-refractivity contribution in [2.45, 2.75) is 53.1 Å². The van der Waals surface area contributed by atoms with E-state index in [4.69, 9.17) is 4.74 Å². The van der Waals surface area contributed by atoms with Gasteiger partial charge in [0.1, 0.15) is 0 Å². The predicted octanol–water partition coefficient (Wildman–Crippen LogP) is 2.37. The standard InChI is InChI=1S/C14H32N2O/c1-7-14(10-15-13(4)5)16(8-9-17-6)11-12(2)3/h12-15H,7-11H2,1-6H3.